The number of carbonyl (C=O) groups excluding carboxylic acids is 3. The van der Waals surface area contributed by atoms with Crippen LogP contribution < -0.4 is 0 Å². The highest BCUT2D eigenvalue weighted by Gasteiger charge is 2.57. The van der Waals surface area contributed by atoms with E-state index in [0.29, 0.717) is 25.8 Å². The topological polar surface area (TPSA) is 57.7 Å². The summed E-state index contributed by atoms with van der Waals surface area (Å²) >= 11 is 0. The van der Waals surface area contributed by atoms with Gasteiger partial charge >= 0.3 is 6.03 Å². The van der Waals surface area contributed by atoms with Crippen LogP contribution in [0.3, 0.4) is 0 Å². The standard InChI is InChI=1S/C18H32N2O3/c1-9-18(10-2)13(21)19(12-11-16(3,4)5)15(23)20(14(18)22)17(6,7)8/h9-12H2,1-8H3. The maximum atomic E-state index is 13.0. The van der Waals surface area contributed by atoms with Crippen LogP contribution in [0.5, 0.6) is 0 Å². The SMILES string of the molecule is CCC1(CC)C(=O)N(CCC(C)(C)C)C(=O)N(C(C)(C)C)C1=O. The fourth-order valence-electron chi connectivity index (χ4n) is 2.95. The van der Waals surface area contributed by atoms with Gasteiger partial charge in [0.15, 0.2) is 0 Å². The highest BCUT2D eigenvalue weighted by Crippen LogP contribution is 2.39. The Bertz CT molecular complexity index is 493. The van der Waals surface area contributed by atoms with Crippen molar-refractivity contribution in [3.8, 4) is 0 Å². The summed E-state index contributed by atoms with van der Waals surface area (Å²) in [6.45, 7) is 15.8. The Kier molecular flexibility index (Phi) is 5.34. The van der Waals surface area contributed by atoms with Gasteiger partial charge in [-0.2, -0.15) is 0 Å². The molecule has 0 aromatic rings. The Labute approximate surface area is 140 Å². The predicted molar refractivity (Wildman–Crippen MR) is 90.8 cm³/mol. The molecule has 1 heterocycles. The average Bonchev–Trinajstić information content (AvgIpc) is 2.37. The number of urea groups is 1. The normalized spacial score (nSPS) is 19.6. The van der Waals surface area contributed by atoms with E-state index in [1.807, 2.05) is 34.6 Å². The first-order valence-corrected chi connectivity index (χ1v) is 8.52. The molecule has 0 bridgehead atoms. The van der Waals surface area contributed by atoms with Crippen molar-refractivity contribution in [2.24, 2.45) is 10.8 Å². The molecule has 4 amide bonds. The van der Waals surface area contributed by atoms with Crippen LogP contribution in [0.2, 0.25) is 0 Å². The minimum atomic E-state index is -1.11. The predicted octanol–water partition coefficient (Wildman–Crippen LogP) is 3.82. The molecule has 132 valence electrons. The third kappa shape index (κ3) is 3.59. The van der Waals surface area contributed by atoms with Gasteiger partial charge in [-0.1, -0.05) is 34.6 Å². The third-order valence-electron chi connectivity index (χ3n) is 4.65. The highest BCUT2D eigenvalue weighted by molar-refractivity contribution is 6.19. The zero-order valence-electron chi connectivity index (χ0n) is 15.9. The number of carbonyl (C=O) groups is 3. The summed E-state index contributed by atoms with van der Waals surface area (Å²) < 4.78 is 0. The van der Waals surface area contributed by atoms with Crippen molar-refractivity contribution in [2.45, 2.75) is 80.2 Å². The van der Waals surface area contributed by atoms with Crippen LogP contribution in [-0.4, -0.2) is 39.7 Å². The number of imide groups is 2. The Morgan fingerprint density at radius 1 is 0.870 bits per heavy atom. The molecule has 0 aromatic carbocycles. The molecule has 0 spiro atoms. The molecule has 0 N–H and O–H groups in total. The van der Waals surface area contributed by atoms with Crippen LogP contribution in [-0.2, 0) is 9.59 Å². The summed E-state index contributed by atoms with van der Waals surface area (Å²) in [5.74, 6) is -0.681. The largest absolute Gasteiger partial charge is 0.333 e. The zero-order chi connectivity index (χ0) is 18.2. The fourth-order valence-corrected chi connectivity index (χ4v) is 2.95. The lowest BCUT2D eigenvalue weighted by Gasteiger charge is -2.48. The summed E-state index contributed by atoms with van der Waals surface area (Å²) in [7, 11) is 0. The molecule has 5 nitrogen and oxygen atoms in total. The summed E-state index contributed by atoms with van der Waals surface area (Å²) in [5.41, 5.74) is -1.75. The van der Waals surface area contributed by atoms with E-state index < -0.39 is 17.0 Å². The van der Waals surface area contributed by atoms with Crippen LogP contribution in [0.15, 0.2) is 0 Å². The van der Waals surface area contributed by atoms with Crippen molar-refractivity contribution in [3.63, 3.8) is 0 Å². The molecule has 0 unspecified atom stereocenters. The smallest absolute Gasteiger partial charge is 0.273 e. The number of hydrogen-bond donors (Lipinski definition) is 0. The van der Waals surface area contributed by atoms with Gasteiger partial charge in [0, 0.05) is 12.1 Å². The van der Waals surface area contributed by atoms with Crippen LogP contribution in [0.4, 0.5) is 4.79 Å². The molecular weight excluding hydrogens is 292 g/mol. The molecule has 1 rings (SSSR count). The van der Waals surface area contributed by atoms with Gasteiger partial charge in [0.25, 0.3) is 0 Å². The molecule has 1 aliphatic heterocycles. The van der Waals surface area contributed by atoms with E-state index in [1.165, 1.54) is 9.80 Å². The lowest BCUT2D eigenvalue weighted by atomic mass is 9.76. The molecule has 23 heavy (non-hydrogen) atoms. The maximum absolute atomic E-state index is 13.0. The van der Waals surface area contributed by atoms with Crippen molar-refractivity contribution in [1.29, 1.82) is 0 Å². The van der Waals surface area contributed by atoms with Crippen molar-refractivity contribution in [3.05, 3.63) is 0 Å². The molecule has 0 aromatic heterocycles. The molecule has 0 aliphatic carbocycles. The zero-order valence-corrected chi connectivity index (χ0v) is 15.9. The van der Waals surface area contributed by atoms with Gasteiger partial charge < -0.3 is 0 Å². The van der Waals surface area contributed by atoms with Gasteiger partial charge in [0.2, 0.25) is 11.8 Å². The van der Waals surface area contributed by atoms with Gasteiger partial charge in [0.05, 0.1) is 0 Å². The summed E-state index contributed by atoms with van der Waals surface area (Å²) in [5, 5.41) is 0. The number of nitrogens with zero attached hydrogens (tertiary/aromatic N) is 2. The monoisotopic (exact) mass is 324 g/mol. The van der Waals surface area contributed by atoms with Crippen molar-refractivity contribution >= 4 is 17.8 Å². The average molecular weight is 324 g/mol. The second kappa shape index (κ2) is 6.25. The number of rotatable bonds is 4. The quantitative estimate of drug-likeness (QED) is 0.739. The minimum absolute atomic E-state index is 0.00959. The first-order valence-electron chi connectivity index (χ1n) is 8.52. The van der Waals surface area contributed by atoms with Crippen molar-refractivity contribution in [1.82, 2.24) is 9.80 Å². The molecule has 1 saturated heterocycles. The second-order valence-corrected chi connectivity index (χ2v) is 8.65. The van der Waals surface area contributed by atoms with E-state index in [2.05, 4.69) is 20.8 Å². The highest BCUT2D eigenvalue weighted by atomic mass is 16.2. The number of hydrogen-bond acceptors (Lipinski definition) is 3. The molecule has 0 radical (unpaired) electrons. The first kappa shape index (κ1) is 19.7. The van der Waals surface area contributed by atoms with Gasteiger partial charge in [-0.3, -0.25) is 19.4 Å². The molecular formula is C18H32N2O3. The van der Waals surface area contributed by atoms with Crippen LogP contribution in [0, 0.1) is 10.8 Å². The van der Waals surface area contributed by atoms with E-state index in [-0.39, 0.29) is 17.2 Å². The number of barbiturate groups is 1. The van der Waals surface area contributed by atoms with E-state index in [9.17, 15) is 14.4 Å². The van der Waals surface area contributed by atoms with Crippen molar-refractivity contribution < 1.29 is 14.4 Å². The van der Waals surface area contributed by atoms with Gasteiger partial charge in [-0.05, 0) is 45.4 Å². The van der Waals surface area contributed by atoms with Crippen molar-refractivity contribution in [2.75, 3.05) is 6.54 Å². The number of amides is 4. The summed E-state index contributed by atoms with van der Waals surface area (Å²) in [6.07, 6.45) is 1.53. The van der Waals surface area contributed by atoms with Crippen LogP contribution >= 0.6 is 0 Å². The Morgan fingerprint density at radius 3 is 1.70 bits per heavy atom. The second-order valence-electron chi connectivity index (χ2n) is 8.65. The Balaban J connectivity index is 3.32. The molecule has 0 atom stereocenters. The minimum Gasteiger partial charge on any atom is -0.273 e. The first-order chi connectivity index (χ1) is 10.3. The third-order valence-corrected chi connectivity index (χ3v) is 4.65. The summed E-state index contributed by atoms with van der Waals surface area (Å²) in [6, 6.07) is -0.478. The van der Waals surface area contributed by atoms with Gasteiger partial charge in [-0.25, -0.2) is 4.79 Å². The molecule has 5 heteroatoms. The van der Waals surface area contributed by atoms with E-state index >= 15 is 0 Å². The van der Waals surface area contributed by atoms with Crippen LogP contribution in [0.1, 0.15) is 74.7 Å². The Morgan fingerprint density at radius 2 is 1.35 bits per heavy atom. The molecule has 0 saturated carbocycles. The van der Waals surface area contributed by atoms with Gasteiger partial charge in [-0.15, -0.1) is 0 Å². The van der Waals surface area contributed by atoms with E-state index in [4.69, 9.17) is 0 Å². The van der Waals surface area contributed by atoms with E-state index in [0.717, 1.165) is 0 Å². The summed E-state index contributed by atoms with van der Waals surface area (Å²) in [4.78, 5) is 41.4. The lowest BCUT2D eigenvalue weighted by Crippen LogP contribution is -2.68. The molecule has 1 fully saturated rings. The lowest BCUT2D eigenvalue weighted by molar-refractivity contribution is -0.162. The van der Waals surface area contributed by atoms with E-state index in [1.54, 1.807) is 0 Å². The van der Waals surface area contributed by atoms with Crippen LogP contribution in [0.25, 0.3) is 0 Å². The molecule has 1 aliphatic rings. The Hall–Kier alpha value is -1.39. The van der Waals surface area contributed by atoms with Gasteiger partial charge in [0.1, 0.15) is 5.41 Å². The maximum Gasteiger partial charge on any atom is 0.333 e. The fraction of sp³-hybridized carbons (Fsp3) is 0.833.